The van der Waals surface area contributed by atoms with Crippen LogP contribution in [0.25, 0.3) is 0 Å². The van der Waals surface area contributed by atoms with Crippen LogP contribution in [0.3, 0.4) is 0 Å². The lowest BCUT2D eigenvalue weighted by molar-refractivity contribution is 0.101. The maximum atomic E-state index is 6.11. The summed E-state index contributed by atoms with van der Waals surface area (Å²) in [6.07, 6.45) is 9.97. The molecular formula is C11H19NO. The van der Waals surface area contributed by atoms with Gasteiger partial charge in [0, 0.05) is 12.6 Å². The summed E-state index contributed by atoms with van der Waals surface area (Å²) in [5, 5.41) is 0. The van der Waals surface area contributed by atoms with E-state index in [0.717, 1.165) is 13.0 Å². The Morgan fingerprint density at radius 2 is 2.46 bits per heavy atom. The van der Waals surface area contributed by atoms with Crippen LogP contribution in [0, 0.1) is 0 Å². The largest absolute Gasteiger partial charge is 0.378 e. The van der Waals surface area contributed by atoms with E-state index in [1.165, 1.54) is 37.7 Å². The SMILES string of the molecule is NC(CC1CCCO1)C1=CCCC1. The normalized spacial score (nSPS) is 30.5. The number of rotatable bonds is 3. The molecule has 0 aromatic heterocycles. The van der Waals surface area contributed by atoms with Crippen molar-refractivity contribution in [1.82, 2.24) is 0 Å². The lowest BCUT2D eigenvalue weighted by Crippen LogP contribution is -2.27. The zero-order chi connectivity index (χ0) is 9.10. The van der Waals surface area contributed by atoms with Gasteiger partial charge >= 0.3 is 0 Å². The Hall–Kier alpha value is -0.340. The van der Waals surface area contributed by atoms with Crippen LogP contribution >= 0.6 is 0 Å². The summed E-state index contributed by atoms with van der Waals surface area (Å²) in [5.74, 6) is 0. The molecule has 1 aliphatic heterocycles. The maximum Gasteiger partial charge on any atom is 0.0593 e. The van der Waals surface area contributed by atoms with Gasteiger partial charge < -0.3 is 10.5 Å². The van der Waals surface area contributed by atoms with Crippen molar-refractivity contribution in [3.63, 3.8) is 0 Å². The lowest BCUT2D eigenvalue weighted by Gasteiger charge is -2.17. The van der Waals surface area contributed by atoms with E-state index in [2.05, 4.69) is 6.08 Å². The summed E-state index contributed by atoms with van der Waals surface area (Å²) in [4.78, 5) is 0. The Balaban J connectivity index is 1.79. The van der Waals surface area contributed by atoms with E-state index in [1.807, 2.05) is 0 Å². The van der Waals surface area contributed by atoms with Crippen molar-refractivity contribution in [1.29, 1.82) is 0 Å². The number of hydrogen-bond acceptors (Lipinski definition) is 2. The first-order chi connectivity index (χ1) is 6.36. The van der Waals surface area contributed by atoms with Crippen LogP contribution in [0.15, 0.2) is 11.6 Å². The summed E-state index contributed by atoms with van der Waals surface area (Å²) in [7, 11) is 0. The van der Waals surface area contributed by atoms with Crippen molar-refractivity contribution < 1.29 is 4.74 Å². The zero-order valence-electron chi connectivity index (χ0n) is 8.17. The molecule has 1 fully saturated rings. The minimum atomic E-state index is 0.269. The summed E-state index contributed by atoms with van der Waals surface area (Å²) in [6, 6.07) is 0.269. The summed E-state index contributed by atoms with van der Waals surface area (Å²) < 4.78 is 5.58. The van der Waals surface area contributed by atoms with Crippen molar-refractivity contribution in [2.75, 3.05) is 6.61 Å². The molecule has 13 heavy (non-hydrogen) atoms. The highest BCUT2D eigenvalue weighted by Crippen LogP contribution is 2.25. The summed E-state index contributed by atoms with van der Waals surface area (Å²) in [6.45, 7) is 0.941. The maximum absolute atomic E-state index is 6.11. The molecule has 2 rings (SSSR count). The Kier molecular flexibility index (Phi) is 3.01. The quantitative estimate of drug-likeness (QED) is 0.676. The van der Waals surface area contributed by atoms with E-state index in [1.54, 1.807) is 0 Å². The van der Waals surface area contributed by atoms with Crippen LogP contribution in [0.4, 0.5) is 0 Å². The van der Waals surface area contributed by atoms with Gasteiger partial charge in [0.15, 0.2) is 0 Å². The van der Waals surface area contributed by atoms with Gasteiger partial charge in [0.25, 0.3) is 0 Å². The highest BCUT2D eigenvalue weighted by molar-refractivity contribution is 5.14. The zero-order valence-corrected chi connectivity index (χ0v) is 8.17. The van der Waals surface area contributed by atoms with Gasteiger partial charge in [-0.3, -0.25) is 0 Å². The van der Waals surface area contributed by atoms with Crippen molar-refractivity contribution in [3.8, 4) is 0 Å². The molecule has 1 saturated heterocycles. The van der Waals surface area contributed by atoms with Crippen molar-refractivity contribution in [2.24, 2.45) is 5.73 Å². The minimum absolute atomic E-state index is 0.269. The molecule has 1 heterocycles. The molecule has 2 heteroatoms. The molecule has 0 aromatic rings. The molecule has 0 aromatic carbocycles. The van der Waals surface area contributed by atoms with Crippen molar-refractivity contribution in [3.05, 3.63) is 11.6 Å². The van der Waals surface area contributed by atoms with Gasteiger partial charge in [0.2, 0.25) is 0 Å². The monoisotopic (exact) mass is 181 g/mol. The van der Waals surface area contributed by atoms with Gasteiger partial charge in [-0.25, -0.2) is 0 Å². The Labute approximate surface area is 80.1 Å². The van der Waals surface area contributed by atoms with Crippen molar-refractivity contribution >= 4 is 0 Å². The predicted molar refractivity (Wildman–Crippen MR) is 53.5 cm³/mol. The second-order valence-corrected chi connectivity index (χ2v) is 4.15. The first-order valence-corrected chi connectivity index (χ1v) is 5.42. The fraction of sp³-hybridized carbons (Fsp3) is 0.818. The molecule has 0 radical (unpaired) electrons. The topological polar surface area (TPSA) is 35.2 Å². The Morgan fingerprint density at radius 1 is 1.54 bits per heavy atom. The van der Waals surface area contributed by atoms with Crippen molar-refractivity contribution in [2.45, 2.75) is 50.7 Å². The number of hydrogen-bond donors (Lipinski definition) is 1. The standard InChI is InChI=1S/C11H19NO/c12-11(9-4-1-2-5-9)8-10-6-3-7-13-10/h4,10-11H,1-3,5-8,12H2. The van der Waals surface area contributed by atoms with E-state index in [-0.39, 0.29) is 6.04 Å². The molecule has 2 aliphatic rings. The van der Waals surface area contributed by atoms with E-state index in [4.69, 9.17) is 10.5 Å². The van der Waals surface area contributed by atoms with Gasteiger partial charge in [0.1, 0.15) is 0 Å². The van der Waals surface area contributed by atoms with Crippen LogP contribution in [-0.2, 0) is 4.74 Å². The predicted octanol–water partition coefficient (Wildman–Crippen LogP) is 1.99. The van der Waals surface area contributed by atoms with E-state index >= 15 is 0 Å². The van der Waals surface area contributed by atoms with Crippen LogP contribution < -0.4 is 5.73 Å². The molecule has 0 amide bonds. The smallest absolute Gasteiger partial charge is 0.0593 e. The highest BCUT2D eigenvalue weighted by atomic mass is 16.5. The molecule has 2 nitrogen and oxygen atoms in total. The van der Waals surface area contributed by atoms with Gasteiger partial charge in [-0.2, -0.15) is 0 Å². The fourth-order valence-electron chi connectivity index (χ4n) is 2.30. The van der Waals surface area contributed by atoms with Crippen LogP contribution in [0.2, 0.25) is 0 Å². The second kappa shape index (κ2) is 4.25. The molecule has 0 saturated carbocycles. The average molecular weight is 181 g/mol. The molecule has 2 N–H and O–H groups in total. The van der Waals surface area contributed by atoms with Crippen LogP contribution in [0.5, 0.6) is 0 Å². The molecular weight excluding hydrogens is 162 g/mol. The lowest BCUT2D eigenvalue weighted by atomic mass is 10.00. The first-order valence-electron chi connectivity index (χ1n) is 5.42. The highest BCUT2D eigenvalue weighted by Gasteiger charge is 2.21. The molecule has 2 unspecified atom stereocenters. The van der Waals surface area contributed by atoms with E-state index in [0.29, 0.717) is 6.10 Å². The molecule has 0 spiro atoms. The molecule has 0 bridgehead atoms. The van der Waals surface area contributed by atoms with Gasteiger partial charge in [-0.05, 0) is 38.5 Å². The third kappa shape index (κ3) is 2.32. The summed E-state index contributed by atoms with van der Waals surface area (Å²) in [5.41, 5.74) is 7.58. The summed E-state index contributed by atoms with van der Waals surface area (Å²) >= 11 is 0. The fourth-order valence-corrected chi connectivity index (χ4v) is 2.30. The third-order valence-corrected chi connectivity index (χ3v) is 3.09. The number of nitrogens with two attached hydrogens (primary N) is 1. The average Bonchev–Trinajstić information content (AvgIpc) is 2.74. The number of ether oxygens (including phenoxy) is 1. The Morgan fingerprint density at radius 3 is 3.08 bits per heavy atom. The van der Waals surface area contributed by atoms with Crippen LogP contribution in [-0.4, -0.2) is 18.8 Å². The van der Waals surface area contributed by atoms with E-state index < -0.39 is 0 Å². The first kappa shape index (κ1) is 9.22. The molecule has 74 valence electrons. The number of allylic oxidation sites excluding steroid dienone is 1. The third-order valence-electron chi connectivity index (χ3n) is 3.09. The molecule has 1 aliphatic carbocycles. The Bertz CT molecular complexity index is 194. The second-order valence-electron chi connectivity index (χ2n) is 4.15. The van der Waals surface area contributed by atoms with Gasteiger partial charge in [-0.1, -0.05) is 11.6 Å². The van der Waals surface area contributed by atoms with Crippen LogP contribution in [0.1, 0.15) is 38.5 Å². The van der Waals surface area contributed by atoms with E-state index in [9.17, 15) is 0 Å². The van der Waals surface area contributed by atoms with Gasteiger partial charge in [0.05, 0.1) is 6.10 Å². The van der Waals surface area contributed by atoms with Gasteiger partial charge in [-0.15, -0.1) is 0 Å². The minimum Gasteiger partial charge on any atom is -0.378 e. The molecule has 2 atom stereocenters.